The molecule has 0 spiro atoms. The Morgan fingerprint density at radius 3 is 2.46 bits per heavy atom. The molecule has 3 heteroatoms. The molecule has 13 heavy (non-hydrogen) atoms. The Balaban J connectivity index is 2.65. The monoisotopic (exact) mass is 179 g/mol. The predicted octanol–water partition coefficient (Wildman–Crippen LogP) is 0.851. The lowest BCUT2D eigenvalue weighted by Crippen LogP contribution is -2.28. The first-order chi connectivity index (χ1) is 6.09. The molecule has 0 amide bonds. The number of benzene rings is 1. The van der Waals surface area contributed by atoms with E-state index in [1.165, 1.54) is 0 Å². The lowest BCUT2D eigenvalue weighted by atomic mass is 10.1. The molecule has 0 aliphatic carbocycles. The maximum Gasteiger partial charge on any atom is 0.153 e. The van der Waals surface area contributed by atoms with Crippen molar-refractivity contribution < 1.29 is 9.90 Å². The van der Waals surface area contributed by atoms with E-state index in [1.54, 1.807) is 31.2 Å². The lowest BCUT2D eigenvalue weighted by Gasteiger charge is -2.03. The number of ketones is 1. The van der Waals surface area contributed by atoms with Crippen LogP contribution < -0.4 is 5.73 Å². The van der Waals surface area contributed by atoms with Gasteiger partial charge in [-0.15, -0.1) is 0 Å². The second-order valence-corrected chi connectivity index (χ2v) is 3.10. The minimum absolute atomic E-state index is 0.00527. The van der Waals surface area contributed by atoms with Crippen LogP contribution in [0.25, 0.3) is 0 Å². The summed E-state index contributed by atoms with van der Waals surface area (Å²) in [6.07, 6.45) is 0.331. The molecule has 0 radical (unpaired) electrons. The zero-order chi connectivity index (χ0) is 9.84. The van der Waals surface area contributed by atoms with Crippen molar-refractivity contribution in [2.75, 3.05) is 0 Å². The number of aromatic hydroxyl groups is 1. The number of phenols is 1. The topological polar surface area (TPSA) is 63.3 Å². The van der Waals surface area contributed by atoms with Crippen molar-refractivity contribution in [2.45, 2.75) is 19.4 Å². The van der Waals surface area contributed by atoms with E-state index in [-0.39, 0.29) is 11.5 Å². The van der Waals surface area contributed by atoms with Crippen molar-refractivity contribution in [3.63, 3.8) is 0 Å². The highest BCUT2D eigenvalue weighted by molar-refractivity contribution is 5.85. The van der Waals surface area contributed by atoms with Gasteiger partial charge in [0.05, 0.1) is 6.04 Å². The van der Waals surface area contributed by atoms with Gasteiger partial charge in [0, 0.05) is 6.42 Å². The number of phenolic OH excluding ortho intramolecular Hbond substituents is 1. The first kappa shape index (κ1) is 9.74. The molecular weight excluding hydrogens is 166 g/mol. The van der Waals surface area contributed by atoms with Gasteiger partial charge in [-0.25, -0.2) is 0 Å². The molecule has 0 fully saturated rings. The zero-order valence-corrected chi connectivity index (χ0v) is 7.53. The van der Waals surface area contributed by atoms with Crippen molar-refractivity contribution in [1.82, 2.24) is 0 Å². The standard InChI is InChI=1S/C10H13NO2/c1-7(11)10(13)6-8-2-4-9(12)5-3-8/h2-5,7,12H,6,11H2,1H3. The molecule has 0 aliphatic rings. The van der Waals surface area contributed by atoms with Gasteiger partial charge in [-0.2, -0.15) is 0 Å². The molecule has 0 saturated heterocycles. The first-order valence-corrected chi connectivity index (χ1v) is 4.16. The van der Waals surface area contributed by atoms with E-state index < -0.39 is 6.04 Å². The molecule has 3 nitrogen and oxygen atoms in total. The van der Waals surface area contributed by atoms with E-state index in [2.05, 4.69) is 0 Å². The summed E-state index contributed by atoms with van der Waals surface area (Å²) < 4.78 is 0. The van der Waals surface area contributed by atoms with Crippen LogP contribution in [0.5, 0.6) is 5.75 Å². The first-order valence-electron chi connectivity index (χ1n) is 4.16. The third-order valence-electron chi connectivity index (χ3n) is 1.82. The number of hydrogen-bond donors (Lipinski definition) is 2. The molecule has 1 rings (SSSR count). The molecule has 0 aromatic heterocycles. The van der Waals surface area contributed by atoms with Crippen molar-refractivity contribution >= 4 is 5.78 Å². The summed E-state index contributed by atoms with van der Waals surface area (Å²) in [6.45, 7) is 1.67. The Labute approximate surface area is 77.2 Å². The highest BCUT2D eigenvalue weighted by Crippen LogP contribution is 2.10. The average molecular weight is 179 g/mol. The third-order valence-corrected chi connectivity index (χ3v) is 1.82. The number of Topliss-reactive ketones (excluding diaryl/α,β-unsaturated/α-hetero) is 1. The summed E-state index contributed by atoms with van der Waals surface area (Å²) in [4.78, 5) is 11.2. The smallest absolute Gasteiger partial charge is 0.153 e. The minimum Gasteiger partial charge on any atom is -0.508 e. The van der Waals surface area contributed by atoms with Gasteiger partial charge in [0.1, 0.15) is 5.75 Å². The van der Waals surface area contributed by atoms with Gasteiger partial charge in [-0.1, -0.05) is 12.1 Å². The normalized spacial score (nSPS) is 12.5. The summed E-state index contributed by atoms with van der Waals surface area (Å²) in [5.74, 6) is 0.211. The fraction of sp³-hybridized carbons (Fsp3) is 0.300. The summed E-state index contributed by atoms with van der Waals surface area (Å²) in [6, 6.07) is 6.13. The number of nitrogens with two attached hydrogens (primary N) is 1. The molecule has 0 saturated carbocycles. The van der Waals surface area contributed by atoms with Gasteiger partial charge in [0.2, 0.25) is 0 Å². The number of rotatable bonds is 3. The molecule has 1 unspecified atom stereocenters. The average Bonchev–Trinajstić information content (AvgIpc) is 2.08. The van der Waals surface area contributed by atoms with Crippen LogP contribution in [0.3, 0.4) is 0 Å². The van der Waals surface area contributed by atoms with E-state index in [1.807, 2.05) is 0 Å². The molecule has 0 bridgehead atoms. The van der Waals surface area contributed by atoms with Crippen LogP contribution >= 0.6 is 0 Å². The Bertz CT molecular complexity index is 290. The van der Waals surface area contributed by atoms with Crippen LogP contribution in [0.1, 0.15) is 12.5 Å². The highest BCUT2D eigenvalue weighted by atomic mass is 16.3. The fourth-order valence-electron chi connectivity index (χ4n) is 0.976. The molecule has 0 aliphatic heterocycles. The van der Waals surface area contributed by atoms with Crippen LogP contribution in [0.2, 0.25) is 0 Å². The predicted molar refractivity (Wildman–Crippen MR) is 50.5 cm³/mol. The Hall–Kier alpha value is -1.35. The van der Waals surface area contributed by atoms with Gasteiger partial charge >= 0.3 is 0 Å². The van der Waals surface area contributed by atoms with Crippen LogP contribution in [0.4, 0.5) is 0 Å². The second kappa shape index (κ2) is 4.05. The zero-order valence-electron chi connectivity index (χ0n) is 7.53. The summed E-state index contributed by atoms with van der Waals surface area (Å²) >= 11 is 0. The van der Waals surface area contributed by atoms with Crippen molar-refractivity contribution in [1.29, 1.82) is 0 Å². The van der Waals surface area contributed by atoms with Crippen LogP contribution in [-0.4, -0.2) is 16.9 Å². The molecule has 70 valence electrons. The lowest BCUT2D eigenvalue weighted by molar-refractivity contribution is -0.119. The van der Waals surface area contributed by atoms with Crippen LogP contribution in [0, 0.1) is 0 Å². The van der Waals surface area contributed by atoms with Gasteiger partial charge in [-0.3, -0.25) is 4.79 Å². The summed E-state index contributed by atoms with van der Waals surface area (Å²) in [5.41, 5.74) is 6.29. The summed E-state index contributed by atoms with van der Waals surface area (Å²) in [7, 11) is 0. The van der Waals surface area contributed by atoms with Gasteiger partial charge in [0.25, 0.3) is 0 Å². The number of carbonyl (C=O) groups excluding carboxylic acids is 1. The van der Waals surface area contributed by atoms with Crippen LogP contribution in [0.15, 0.2) is 24.3 Å². The van der Waals surface area contributed by atoms with Crippen molar-refractivity contribution in [3.8, 4) is 5.75 Å². The van der Waals surface area contributed by atoms with E-state index in [4.69, 9.17) is 10.8 Å². The summed E-state index contributed by atoms with van der Waals surface area (Å²) in [5, 5.41) is 8.99. The van der Waals surface area contributed by atoms with Gasteiger partial charge < -0.3 is 10.8 Å². The van der Waals surface area contributed by atoms with Gasteiger partial charge in [-0.05, 0) is 24.6 Å². The van der Waals surface area contributed by atoms with Gasteiger partial charge in [0.15, 0.2) is 5.78 Å². The maximum atomic E-state index is 11.2. The van der Waals surface area contributed by atoms with E-state index in [0.717, 1.165) is 5.56 Å². The molecule has 0 heterocycles. The Kier molecular flexibility index (Phi) is 3.03. The molecule has 1 aromatic rings. The Morgan fingerprint density at radius 1 is 1.46 bits per heavy atom. The number of carbonyl (C=O) groups is 1. The SMILES string of the molecule is CC(N)C(=O)Cc1ccc(O)cc1. The van der Waals surface area contributed by atoms with E-state index in [0.29, 0.717) is 6.42 Å². The molecule has 1 aromatic carbocycles. The fourth-order valence-corrected chi connectivity index (χ4v) is 0.976. The third kappa shape index (κ3) is 2.87. The quantitative estimate of drug-likeness (QED) is 0.723. The largest absolute Gasteiger partial charge is 0.508 e. The van der Waals surface area contributed by atoms with Crippen molar-refractivity contribution in [3.05, 3.63) is 29.8 Å². The highest BCUT2D eigenvalue weighted by Gasteiger charge is 2.07. The molecular formula is C10H13NO2. The Morgan fingerprint density at radius 2 is 2.00 bits per heavy atom. The maximum absolute atomic E-state index is 11.2. The second-order valence-electron chi connectivity index (χ2n) is 3.10. The van der Waals surface area contributed by atoms with E-state index in [9.17, 15) is 4.79 Å². The van der Waals surface area contributed by atoms with Crippen LogP contribution in [-0.2, 0) is 11.2 Å². The minimum atomic E-state index is -0.422. The number of hydrogen-bond acceptors (Lipinski definition) is 3. The molecule has 1 atom stereocenters. The van der Waals surface area contributed by atoms with Crippen molar-refractivity contribution in [2.24, 2.45) is 5.73 Å². The van der Waals surface area contributed by atoms with E-state index >= 15 is 0 Å². The molecule has 3 N–H and O–H groups in total.